The summed E-state index contributed by atoms with van der Waals surface area (Å²) in [7, 11) is 0. The quantitative estimate of drug-likeness (QED) is 0.402. The zero-order chi connectivity index (χ0) is 25.2. The molecule has 5 rings (SSSR count). The summed E-state index contributed by atoms with van der Waals surface area (Å²) in [6, 6.07) is 10.9. The first-order valence-corrected chi connectivity index (χ1v) is 11.9. The van der Waals surface area contributed by atoms with E-state index in [1.807, 2.05) is 13.0 Å². The number of fused-ring (bicyclic) bond motifs is 2. The van der Waals surface area contributed by atoms with Crippen LogP contribution in [0.25, 0.3) is 16.7 Å². The molecule has 0 bridgehead atoms. The Morgan fingerprint density at radius 2 is 1.89 bits per heavy atom. The number of benzene rings is 1. The van der Waals surface area contributed by atoms with E-state index in [0.717, 1.165) is 24.2 Å². The van der Waals surface area contributed by atoms with Crippen LogP contribution in [0.3, 0.4) is 0 Å². The van der Waals surface area contributed by atoms with Gasteiger partial charge < -0.3 is 14.6 Å². The van der Waals surface area contributed by atoms with Crippen LogP contribution in [0, 0.1) is 18.2 Å². The third-order valence-corrected chi connectivity index (χ3v) is 6.49. The summed E-state index contributed by atoms with van der Waals surface area (Å²) >= 11 is 0. The molecule has 1 aliphatic heterocycles. The fourth-order valence-corrected chi connectivity index (χ4v) is 4.43. The molecule has 1 aromatic carbocycles. The Morgan fingerprint density at radius 3 is 2.64 bits per heavy atom. The number of carbonyl (C=O) groups excluding carboxylic acids is 1. The van der Waals surface area contributed by atoms with Gasteiger partial charge in [0.1, 0.15) is 22.6 Å². The van der Waals surface area contributed by atoms with Crippen LogP contribution >= 0.6 is 0 Å². The van der Waals surface area contributed by atoms with Crippen LogP contribution in [0.5, 0.6) is 0 Å². The number of hydrogen-bond acceptors (Lipinski definition) is 6. The van der Waals surface area contributed by atoms with E-state index in [0.29, 0.717) is 37.6 Å². The average Bonchev–Trinajstić information content (AvgIpc) is 2.89. The second kappa shape index (κ2) is 10.00. The molecule has 1 amide bonds. The molecule has 1 saturated heterocycles. The molecule has 9 nitrogen and oxygen atoms in total. The predicted molar refractivity (Wildman–Crippen MR) is 132 cm³/mol. The molecule has 0 radical (unpaired) electrons. The van der Waals surface area contributed by atoms with E-state index in [4.69, 9.17) is 15.1 Å². The van der Waals surface area contributed by atoms with Gasteiger partial charge in [0.25, 0.3) is 11.5 Å². The third kappa shape index (κ3) is 4.65. The number of nitrogens with one attached hydrogen (secondary N) is 2. The highest BCUT2D eigenvalue weighted by Gasteiger charge is 2.19. The minimum atomic E-state index is -0.486. The average molecular weight is 491 g/mol. The Hall–Kier alpha value is -3.89. The van der Waals surface area contributed by atoms with Crippen molar-refractivity contribution in [3.63, 3.8) is 0 Å². The fraction of sp³-hybridized carbons (Fsp3) is 0.308. The molecule has 0 saturated carbocycles. The van der Waals surface area contributed by atoms with Crippen LogP contribution in [-0.4, -0.2) is 57.6 Å². The summed E-state index contributed by atoms with van der Waals surface area (Å²) < 4.78 is 21.8. The summed E-state index contributed by atoms with van der Waals surface area (Å²) in [5.41, 5.74) is 2.22. The van der Waals surface area contributed by atoms with Crippen molar-refractivity contribution in [1.29, 1.82) is 5.41 Å². The lowest BCUT2D eigenvalue weighted by molar-refractivity contribution is 0.0363. The first kappa shape index (κ1) is 23.8. The molecule has 0 unspecified atom stereocenters. The molecular formula is C26H27FN6O3. The van der Waals surface area contributed by atoms with Gasteiger partial charge in [-0.15, -0.1) is 0 Å². The largest absolute Gasteiger partial charge is 0.379 e. The number of halogens is 1. The Kier molecular flexibility index (Phi) is 6.62. The van der Waals surface area contributed by atoms with Gasteiger partial charge in [-0.25, -0.2) is 9.37 Å². The molecule has 4 heterocycles. The van der Waals surface area contributed by atoms with Crippen molar-refractivity contribution in [3.05, 3.63) is 87.0 Å². The molecule has 0 spiro atoms. The van der Waals surface area contributed by atoms with E-state index in [1.54, 1.807) is 29.0 Å². The number of rotatable bonds is 6. The lowest BCUT2D eigenvalue weighted by atomic mass is 10.1. The van der Waals surface area contributed by atoms with Gasteiger partial charge in [-0.05, 0) is 42.3 Å². The maximum absolute atomic E-state index is 13.4. The van der Waals surface area contributed by atoms with E-state index in [-0.39, 0.29) is 34.4 Å². The summed E-state index contributed by atoms with van der Waals surface area (Å²) in [5.74, 6) is -0.843. The second-order valence-electron chi connectivity index (χ2n) is 8.86. The summed E-state index contributed by atoms with van der Waals surface area (Å²) in [5, 5.41) is 11.9. The zero-order valence-corrected chi connectivity index (χ0v) is 20.0. The Labute approximate surface area is 206 Å². The topological polar surface area (TPSA) is 105 Å². The van der Waals surface area contributed by atoms with Crippen molar-refractivity contribution < 1.29 is 13.9 Å². The van der Waals surface area contributed by atoms with Crippen LogP contribution < -0.4 is 16.4 Å². The maximum Gasteiger partial charge on any atom is 0.267 e. The minimum Gasteiger partial charge on any atom is -0.379 e. The SMILES string of the molecule is Cc1cccn2c(=O)c3cc(C(=O)NCc4ccc(F)cc4)c(=N)n(CCN4CCOCC4)c3nc12. The Balaban J connectivity index is 1.58. The second-order valence-corrected chi connectivity index (χ2v) is 8.86. The van der Waals surface area contributed by atoms with Crippen molar-refractivity contribution in [3.8, 4) is 0 Å². The number of aryl methyl sites for hydroxylation is 1. The van der Waals surface area contributed by atoms with Crippen molar-refractivity contribution in [1.82, 2.24) is 24.2 Å². The highest BCUT2D eigenvalue weighted by atomic mass is 19.1. The molecule has 36 heavy (non-hydrogen) atoms. The van der Waals surface area contributed by atoms with Crippen molar-refractivity contribution in [2.75, 3.05) is 32.8 Å². The molecule has 10 heteroatoms. The van der Waals surface area contributed by atoms with Gasteiger partial charge in [0.15, 0.2) is 0 Å². The van der Waals surface area contributed by atoms with Crippen molar-refractivity contribution in [2.24, 2.45) is 0 Å². The van der Waals surface area contributed by atoms with Gasteiger partial charge in [-0.1, -0.05) is 18.2 Å². The molecule has 3 aromatic heterocycles. The van der Waals surface area contributed by atoms with Crippen molar-refractivity contribution in [2.45, 2.75) is 20.0 Å². The smallest absolute Gasteiger partial charge is 0.267 e. The number of ether oxygens (including phenoxy) is 1. The molecule has 1 fully saturated rings. The van der Waals surface area contributed by atoms with Gasteiger partial charge in [-0.2, -0.15) is 0 Å². The van der Waals surface area contributed by atoms with E-state index in [2.05, 4.69) is 10.2 Å². The maximum atomic E-state index is 13.4. The summed E-state index contributed by atoms with van der Waals surface area (Å²) in [4.78, 5) is 33.6. The van der Waals surface area contributed by atoms with Gasteiger partial charge in [0, 0.05) is 38.9 Å². The van der Waals surface area contributed by atoms with Crippen LogP contribution in [0.2, 0.25) is 0 Å². The van der Waals surface area contributed by atoms with Crippen molar-refractivity contribution >= 4 is 22.6 Å². The highest BCUT2D eigenvalue weighted by molar-refractivity contribution is 5.96. The highest BCUT2D eigenvalue weighted by Crippen LogP contribution is 2.13. The Bertz CT molecular complexity index is 1560. The molecule has 4 aromatic rings. The molecule has 2 N–H and O–H groups in total. The molecule has 0 atom stereocenters. The number of amides is 1. The molecular weight excluding hydrogens is 463 g/mol. The van der Waals surface area contributed by atoms with Crippen LogP contribution in [0.1, 0.15) is 21.5 Å². The minimum absolute atomic E-state index is 0.0165. The van der Waals surface area contributed by atoms with Gasteiger partial charge >= 0.3 is 0 Å². The lowest BCUT2D eigenvalue weighted by Crippen LogP contribution is -2.41. The standard InChI is InChI=1S/C26H27FN6O3/c1-17-3-2-8-33-23(17)30-24-21(26(33)35)15-20(25(34)29-16-18-4-6-19(27)7-5-18)22(28)32(24)10-9-31-11-13-36-14-12-31/h2-8,15,28H,9-14,16H2,1H3,(H,29,34). The lowest BCUT2D eigenvalue weighted by Gasteiger charge is -2.27. The third-order valence-electron chi connectivity index (χ3n) is 6.49. The number of carbonyl (C=O) groups is 1. The first-order chi connectivity index (χ1) is 17.4. The van der Waals surface area contributed by atoms with E-state index in [1.165, 1.54) is 22.6 Å². The number of aromatic nitrogens is 3. The Morgan fingerprint density at radius 1 is 1.14 bits per heavy atom. The molecule has 186 valence electrons. The van der Waals surface area contributed by atoms with E-state index >= 15 is 0 Å². The fourth-order valence-electron chi connectivity index (χ4n) is 4.43. The molecule has 0 aliphatic carbocycles. The number of nitrogens with zero attached hydrogens (tertiary/aromatic N) is 4. The van der Waals surface area contributed by atoms with E-state index < -0.39 is 5.91 Å². The number of morpholine rings is 1. The van der Waals surface area contributed by atoms with Gasteiger partial charge in [-0.3, -0.25) is 24.3 Å². The number of pyridine rings is 2. The summed E-state index contributed by atoms with van der Waals surface area (Å²) in [6.07, 6.45) is 1.65. The van der Waals surface area contributed by atoms with Gasteiger partial charge in [0.05, 0.1) is 24.2 Å². The normalized spacial score (nSPS) is 14.4. The monoisotopic (exact) mass is 490 g/mol. The van der Waals surface area contributed by atoms with E-state index in [9.17, 15) is 14.0 Å². The summed E-state index contributed by atoms with van der Waals surface area (Å²) in [6.45, 7) is 5.92. The zero-order valence-electron chi connectivity index (χ0n) is 20.0. The van der Waals surface area contributed by atoms with Crippen LogP contribution in [0.4, 0.5) is 4.39 Å². The number of hydrogen-bond donors (Lipinski definition) is 2. The molecule has 1 aliphatic rings. The first-order valence-electron chi connectivity index (χ1n) is 11.9. The van der Waals surface area contributed by atoms with Crippen LogP contribution in [0.15, 0.2) is 53.5 Å². The predicted octanol–water partition coefficient (Wildman–Crippen LogP) is 1.84. The van der Waals surface area contributed by atoms with Crippen LogP contribution in [-0.2, 0) is 17.8 Å². The van der Waals surface area contributed by atoms with Gasteiger partial charge in [0.2, 0.25) is 0 Å².